The van der Waals surface area contributed by atoms with Crippen molar-refractivity contribution >= 4 is 28.4 Å². The van der Waals surface area contributed by atoms with Crippen LogP contribution in [0.25, 0.3) is 0 Å². The highest BCUT2D eigenvalue weighted by molar-refractivity contribution is 6.69. The van der Waals surface area contributed by atoms with Gasteiger partial charge in [-0.05, 0) is 37.6 Å². The molecule has 0 aromatic heterocycles. The van der Waals surface area contributed by atoms with Gasteiger partial charge in [0.2, 0.25) is 0 Å². The Morgan fingerprint density at radius 3 is 1.96 bits per heavy atom. The minimum atomic E-state index is -4.96. The summed E-state index contributed by atoms with van der Waals surface area (Å²) in [5.74, 6) is -0.172. The van der Waals surface area contributed by atoms with Crippen molar-refractivity contribution in [1.29, 1.82) is 0 Å². The molecule has 1 atom stereocenters. The van der Waals surface area contributed by atoms with Crippen LogP contribution in [-0.4, -0.2) is 5.17 Å². The topological polar surface area (TPSA) is 12.4 Å². The largest absolute Gasteiger partial charge is 0.416 e. The smallest absolute Gasteiger partial charge is 0.239 e. The highest BCUT2D eigenvalue weighted by Gasteiger charge is 2.37. The third kappa shape index (κ3) is 4.82. The Balaban J connectivity index is 2.58. The summed E-state index contributed by atoms with van der Waals surface area (Å²) in [4.78, 5) is 4.00. The lowest BCUT2D eigenvalue weighted by molar-refractivity contribution is -0.143. The zero-order chi connectivity index (χ0) is 19.9. The van der Waals surface area contributed by atoms with Crippen LogP contribution in [0.15, 0.2) is 45.6 Å². The molecule has 1 aromatic carbocycles. The van der Waals surface area contributed by atoms with E-state index in [4.69, 9.17) is 23.2 Å². The van der Waals surface area contributed by atoms with Crippen LogP contribution in [0.2, 0.25) is 0 Å². The second-order valence-corrected chi connectivity index (χ2v) is 6.79. The highest BCUT2D eigenvalue weighted by atomic mass is 35.5. The van der Waals surface area contributed by atoms with Crippen molar-refractivity contribution in [2.24, 2.45) is 10.9 Å². The SMILES string of the molecule is CC1=CC(Cl)=C(N=C(Cl)c2cc(C(F)(F)F)cc(C(F)(F)F)c2)C(C)C1. The van der Waals surface area contributed by atoms with Gasteiger partial charge in [-0.3, -0.25) is 0 Å². The molecule has 1 aliphatic carbocycles. The number of allylic oxidation sites excluding steroid dienone is 4. The van der Waals surface area contributed by atoms with Crippen molar-refractivity contribution in [3.05, 3.63) is 57.3 Å². The Labute approximate surface area is 156 Å². The molecular formula is C17H13Cl2F6N. The Kier molecular flexibility index (Phi) is 5.83. The molecule has 0 bridgehead atoms. The molecule has 26 heavy (non-hydrogen) atoms. The van der Waals surface area contributed by atoms with Gasteiger partial charge in [-0.1, -0.05) is 35.7 Å². The predicted molar refractivity (Wildman–Crippen MR) is 89.3 cm³/mol. The van der Waals surface area contributed by atoms with E-state index in [0.29, 0.717) is 24.3 Å². The maximum absolute atomic E-state index is 12.9. The molecule has 0 spiro atoms. The van der Waals surface area contributed by atoms with E-state index < -0.39 is 34.2 Å². The molecule has 0 saturated carbocycles. The van der Waals surface area contributed by atoms with Crippen LogP contribution in [0.5, 0.6) is 0 Å². The van der Waals surface area contributed by atoms with Gasteiger partial charge in [-0.15, -0.1) is 0 Å². The minimum absolute atomic E-state index is 0.0370. The van der Waals surface area contributed by atoms with Gasteiger partial charge < -0.3 is 0 Å². The summed E-state index contributed by atoms with van der Waals surface area (Å²) >= 11 is 12.0. The molecule has 142 valence electrons. The number of halogens is 8. The summed E-state index contributed by atoms with van der Waals surface area (Å²) in [6.07, 6.45) is -7.67. The fourth-order valence-electron chi connectivity index (χ4n) is 2.57. The molecule has 0 fully saturated rings. The zero-order valence-corrected chi connectivity index (χ0v) is 15.1. The van der Waals surface area contributed by atoms with E-state index in [1.807, 2.05) is 6.92 Å². The van der Waals surface area contributed by atoms with Gasteiger partial charge in [0.1, 0.15) is 5.17 Å². The number of benzene rings is 1. The second kappa shape index (κ2) is 7.27. The van der Waals surface area contributed by atoms with Crippen molar-refractivity contribution in [3.8, 4) is 0 Å². The number of rotatable bonds is 2. The first-order chi connectivity index (χ1) is 11.8. The van der Waals surface area contributed by atoms with E-state index in [1.165, 1.54) is 0 Å². The maximum Gasteiger partial charge on any atom is 0.416 e. The summed E-state index contributed by atoms with van der Waals surface area (Å²) in [6.45, 7) is 3.64. The third-order valence-corrected chi connectivity index (χ3v) is 4.36. The van der Waals surface area contributed by atoms with E-state index >= 15 is 0 Å². The molecule has 2 rings (SSSR count). The van der Waals surface area contributed by atoms with Crippen LogP contribution in [-0.2, 0) is 12.4 Å². The number of hydrogen-bond acceptors (Lipinski definition) is 1. The first-order valence-corrected chi connectivity index (χ1v) is 8.15. The monoisotopic (exact) mass is 415 g/mol. The number of nitrogens with zero attached hydrogens (tertiary/aromatic N) is 1. The lowest BCUT2D eigenvalue weighted by atomic mass is 9.94. The molecule has 0 radical (unpaired) electrons. The summed E-state index contributed by atoms with van der Waals surface area (Å²) in [6, 6.07) is 1.10. The Hall–Kier alpha value is -1.47. The fraction of sp³-hybridized carbons (Fsp3) is 0.353. The van der Waals surface area contributed by atoms with Crippen LogP contribution in [0.1, 0.15) is 37.0 Å². The highest BCUT2D eigenvalue weighted by Crippen LogP contribution is 2.37. The molecule has 0 N–H and O–H groups in total. The molecular weight excluding hydrogens is 403 g/mol. The van der Waals surface area contributed by atoms with Crippen molar-refractivity contribution < 1.29 is 26.3 Å². The number of hydrogen-bond donors (Lipinski definition) is 0. The molecule has 1 aromatic rings. The van der Waals surface area contributed by atoms with Crippen LogP contribution in [0.4, 0.5) is 26.3 Å². The first-order valence-electron chi connectivity index (χ1n) is 7.40. The van der Waals surface area contributed by atoms with Crippen LogP contribution < -0.4 is 0 Å². The van der Waals surface area contributed by atoms with E-state index in [9.17, 15) is 26.3 Å². The molecule has 1 aliphatic rings. The summed E-state index contributed by atoms with van der Waals surface area (Å²) < 4.78 is 77.6. The van der Waals surface area contributed by atoms with E-state index in [0.717, 1.165) is 5.57 Å². The molecule has 0 aliphatic heterocycles. The number of aliphatic imine (C=N–C) groups is 1. The average molecular weight is 416 g/mol. The zero-order valence-electron chi connectivity index (χ0n) is 13.6. The summed E-state index contributed by atoms with van der Waals surface area (Å²) in [5.41, 5.74) is -2.10. The Morgan fingerprint density at radius 2 is 1.54 bits per heavy atom. The van der Waals surface area contributed by atoms with Gasteiger partial charge in [-0.2, -0.15) is 26.3 Å². The Bertz CT molecular complexity index is 770. The average Bonchev–Trinajstić information content (AvgIpc) is 2.48. The summed E-state index contributed by atoms with van der Waals surface area (Å²) in [7, 11) is 0. The maximum atomic E-state index is 12.9. The predicted octanol–water partition coefficient (Wildman–Crippen LogP) is 7.15. The van der Waals surface area contributed by atoms with E-state index in [-0.39, 0.29) is 17.0 Å². The molecule has 1 unspecified atom stereocenters. The number of alkyl halides is 6. The van der Waals surface area contributed by atoms with Crippen LogP contribution in [0, 0.1) is 5.92 Å². The molecule has 1 nitrogen and oxygen atoms in total. The van der Waals surface area contributed by atoms with E-state index in [2.05, 4.69) is 4.99 Å². The van der Waals surface area contributed by atoms with Crippen molar-refractivity contribution in [3.63, 3.8) is 0 Å². The molecule has 0 amide bonds. The quantitative estimate of drug-likeness (QED) is 0.359. The summed E-state index contributed by atoms with van der Waals surface area (Å²) in [5, 5.41) is -0.239. The lowest BCUT2D eigenvalue weighted by Gasteiger charge is -2.19. The fourth-order valence-corrected chi connectivity index (χ4v) is 3.19. The standard InChI is InChI=1S/C17H13Cl2F6N/c1-8-3-9(2)14(13(18)4-8)26-15(19)10-5-11(16(20,21)22)7-12(6-10)17(23,24)25/h4-7,9H,3H2,1-2H3. The third-order valence-electron chi connectivity index (χ3n) is 3.76. The first kappa shape index (κ1) is 20.8. The van der Waals surface area contributed by atoms with Crippen LogP contribution >= 0.6 is 23.2 Å². The molecule has 0 saturated heterocycles. The van der Waals surface area contributed by atoms with Gasteiger partial charge in [0.25, 0.3) is 0 Å². The van der Waals surface area contributed by atoms with Gasteiger partial charge in [-0.25, -0.2) is 4.99 Å². The van der Waals surface area contributed by atoms with Gasteiger partial charge in [0.05, 0.1) is 21.9 Å². The van der Waals surface area contributed by atoms with Gasteiger partial charge >= 0.3 is 12.4 Å². The molecule has 9 heteroatoms. The Morgan fingerprint density at radius 1 is 1.04 bits per heavy atom. The second-order valence-electron chi connectivity index (χ2n) is 6.03. The lowest BCUT2D eigenvalue weighted by Crippen LogP contribution is -2.13. The van der Waals surface area contributed by atoms with Crippen molar-refractivity contribution in [1.82, 2.24) is 0 Å². The minimum Gasteiger partial charge on any atom is -0.239 e. The van der Waals surface area contributed by atoms with Gasteiger partial charge in [0.15, 0.2) is 0 Å². The molecule has 0 heterocycles. The van der Waals surface area contributed by atoms with E-state index in [1.54, 1.807) is 13.0 Å². The van der Waals surface area contributed by atoms with Crippen LogP contribution in [0.3, 0.4) is 0 Å². The van der Waals surface area contributed by atoms with Crippen molar-refractivity contribution in [2.45, 2.75) is 32.6 Å². The van der Waals surface area contributed by atoms with Gasteiger partial charge in [0, 0.05) is 11.5 Å². The van der Waals surface area contributed by atoms with Crippen molar-refractivity contribution in [2.75, 3.05) is 0 Å². The normalized spacial score (nSPS) is 19.7.